The number of carbonyl (C=O) groups excluding carboxylic acids is 1. The Morgan fingerprint density at radius 1 is 1.25 bits per heavy atom. The predicted molar refractivity (Wildman–Crippen MR) is 94.2 cm³/mol. The minimum absolute atomic E-state index is 0.292. The minimum atomic E-state index is -0.292. The van der Waals surface area contributed by atoms with Crippen molar-refractivity contribution in [2.75, 3.05) is 36.5 Å². The number of anilines is 2. The van der Waals surface area contributed by atoms with Gasteiger partial charge in [-0.25, -0.2) is 9.97 Å². The smallest absolute Gasteiger partial charge is 0.259 e. The molecule has 0 atom stereocenters. The van der Waals surface area contributed by atoms with Crippen LogP contribution >= 0.6 is 23.2 Å². The number of amides is 1. The molecule has 24 heavy (non-hydrogen) atoms. The fraction of sp³-hybridized carbons (Fsp3) is 0.312. The number of aromatic nitrogens is 2. The fourth-order valence-electron chi connectivity index (χ4n) is 2.37. The molecule has 3 rings (SSSR count). The van der Waals surface area contributed by atoms with Crippen LogP contribution in [0.15, 0.2) is 24.4 Å². The van der Waals surface area contributed by atoms with Crippen molar-refractivity contribution in [1.29, 1.82) is 0 Å². The molecule has 8 heteroatoms. The Hall–Kier alpha value is -1.89. The van der Waals surface area contributed by atoms with Gasteiger partial charge in [0.2, 0.25) is 5.95 Å². The molecule has 0 radical (unpaired) electrons. The van der Waals surface area contributed by atoms with Gasteiger partial charge in [-0.2, -0.15) is 0 Å². The van der Waals surface area contributed by atoms with Gasteiger partial charge in [0, 0.05) is 25.0 Å². The Balaban J connectivity index is 1.75. The van der Waals surface area contributed by atoms with Crippen molar-refractivity contribution in [2.45, 2.75) is 6.92 Å². The highest BCUT2D eigenvalue weighted by molar-refractivity contribution is 6.42. The van der Waals surface area contributed by atoms with Crippen LogP contribution < -0.4 is 10.2 Å². The Bertz CT molecular complexity index is 764. The van der Waals surface area contributed by atoms with Crippen LogP contribution in [-0.2, 0) is 4.74 Å². The first-order chi connectivity index (χ1) is 11.5. The number of halogens is 2. The lowest BCUT2D eigenvalue weighted by atomic mass is 10.2. The molecular weight excluding hydrogens is 351 g/mol. The lowest BCUT2D eigenvalue weighted by molar-refractivity contribution is 0.102. The molecule has 2 heterocycles. The number of benzene rings is 1. The van der Waals surface area contributed by atoms with Crippen molar-refractivity contribution in [3.05, 3.63) is 45.7 Å². The second-order valence-electron chi connectivity index (χ2n) is 5.35. The van der Waals surface area contributed by atoms with E-state index in [1.807, 2.05) is 4.90 Å². The average molecular weight is 367 g/mol. The zero-order valence-electron chi connectivity index (χ0n) is 13.1. The van der Waals surface area contributed by atoms with Crippen LogP contribution in [0.25, 0.3) is 0 Å². The van der Waals surface area contributed by atoms with Gasteiger partial charge >= 0.3 is 0 Å². The van der Waals surface area contributed by atoms with E-state index in [-0.39, 0.29) is 5.91 Å². The maximum absolute atomic E-state index is 12.4. The molecule has 1 aromatic carbocycles. The summed E-state index contributed by atoms with van der Waals surface area (Å²) < 4.78 is 5.32. The molecule has 1 aromatic heterocycles. The molecule has 2 aromatic rings. The van der Waals surface area contributed by atoms with Gasteiger partial charge in [-0.15, -0.1) is 0 Å². The van der Waals surface area contributed by atoms with Gasteiger partial charge in [-0.05, 0) is 25.1 Å². The molecule has 1 aliphatic rings. The topological polar surface area (TPSA) is 67.3 Å². The highest BCUT2D eigenvalue weighted by atomic mass is 35.5. The first-order valence-electron chi connectivity index (χ1n) is 7.47. The monoisotopic (exact) mass is 366 g/mol. The summed E-state index contributed by atoms with van der Waals surface area (Å²) in [5.41, 5.74) is 1.59. The van der Waals surface area contributed by atoms with Gasteiger partial charge in [-0.1, -0.05) is 23.2 Å². The van der Waals surface area contributed by atoms with Gasteiger partial charge < -0.3 is 15.0 Å². The number of ether oxygens (including phenoxy) is 1. The largest absolute Gasteiger partial charge is 0.378 e. The lowest BCUT2D eigenvalue weighted by Gasteiger charge is -2.27. The van der Waals surface area contributed by atoms with Crippen LogP contribution in [0.1, 0.15) is 16.1 Å². The van der Waals surface area contributed by atoms with E-state index in [2.05, 4.69) is 15.3 Å². The normalized spacial score (nSPS) is 14.5. The standard InChI is InChI=1S/C16H16Cl2N4O2/c1-10-12(9-19-16(20-10)22-4-6-24-7-5-22)15(23)21-11-2-3-13(17)14(18)8-11/h2-3,8-9H,4-7H2,1H3,(H,21,23). The first kappa shape index (κ1) is 17.0. The van der Waals surface area contributed by atoms with Gasteiger partial charge in [-0.3, -0.25) is 4.79 Å². The summed E-state index contributed by atoms with van der Waals surface area (Å²) in [6.07, 6.45) is 1.54. The minimum Gasteiger partial charge on any atom is -0.378 e. The molecule has 1 aliphatic heterocycles. The number of morpholine rings is 1. The Labute approximate surface area is 149 Å². The van der Waals surface area contributed by atoms with E-state index in [1.165, 1.54) is 0 Å². The zero-order valence-corrected chi connectivity index (χ0v) is 14.6. The number of hydrogen-bond acceptors (Lipinski definition) is 5. The average Bonchev–Trinajstić information content (AvgIpc) is 2.59. The van der Waals surface area contributed by atoms with Crippen molar-refractivity contribution >= 4 is 40.7 Å². The molecule has 0 bridgehead atoms. The summed E-state index contributed by atoms with van der Waals surface area (Å²) in [6, 6.07) is 4.91. The number of aryl methyl sites for hydroxylation is 1. The summed E-state index contributed by atoms with van der Waals surface area (Å²) in [7, 11) is 0. The van der Waals surface area contributed by atoms with Gasteiger partial charge in [0.15, 0.2) is 0 Å². The number of nitrogens with one attached hydrogen (secondary N) is 1. The van der Waals surface area contributed by atoms with Gasteiger partial charge in [0.05, 0.1) is 34.5 Å². The lowest BCUT2D eigenvalue weighted by Crippen LogP contribution is -2.37. The molecule has 1 N–H and O–H groups in total. The maximum atomic E-state index is 12.4. The van der Waals surface area contributed by atoms with Crippen molar-refractivity contribution in [2.24, 2.45) is 0 Å². The van der Waals surface area contributed by atoms with Crippen LogP contribution in [0.4, 0.5) is 11.6 Å². The third kappa shape index (κ3) is 3.77. The molecule has 6 nitrogen and oxygen atoms in total. The van der Waals surface area contributed by atoms with Crippen molar-refractivity contribution in [1.82, 2.24) is 9.97 Å². The van der Waals surface area contributed by atoms with Crippen LogP contribution in [0.2, 0.25) is 10.0 Å². The Morgan fingerprint density at radius 3 is 2.67 bits per heavy atom. The molecule has 1 amide bonds. The highest BCUT2D eigenvalue weighted by Crippen LogP contribution is 2.25. The van der Waals surface area contributed by atoms with Crippen LogP contribution in [0.3, 0.4) is 0 Å². The van der Waals surface area contributed by atoms with E-state index in [9.17, 15) is 4.79 Å². The first-order valence-corrected chi connectivity index (χ1v) is 8.23. The summed E-state index contributed by atoms with van der Waals surface area (Å²) in [5, 5.41) is 3.58. The highest BCUT2D eigenvalue weighted by Gasteiger charge is 2.17. The van der Waals surface area contributed by atoms with Crippen molar-refractivity contribution in [3.63, 3.8) is 0 Å². The quantitative estimate of drug-likeness (QED) is 0.903. The zero-order chi connectivity index (χ0) is 17.1. The van der Waals surface area contributed by atoms with E-state index >= 15 is 0 Å². The van der Waals surface area contributed by atoms with Crippen molar-refractivity contribution in [3.8, 4) is 0 Å². The predicted octanol–water partition coefficient (Wildman–Crippen LogP) is 3.18. The van der Waals surface area contributed by atoms with Gasteiger partial charge in [0.1, 0.15) is 0 Å². The maximum Gasteiger partial charge on any atom is 0.259 e. The number of rotatable bonds is 3. The molecule has 1 saturated heterocycles. The second kappa shape index (κ2) is 7.34. The molecule has 0 spiro atoms. The van der Waals surface area contributed by atoms with E-state index in [0.29, 0.717) is 46.2 Å². The summed E-state index contributed by atoms with van der Waals surface area (Å²) in [5.74, 6) is 0.321. The van der Waals surface area contributed by atoms with E-state index in [4.69, 9.17) is 27.9 Å². The molecular formula is C16H16Cl2N4O2. The third-order valence-corrected chi connectivity index (χ3v) is 4.42. The molecule has 0 unspecified atom stereocenters. The number of nitrogens with zero attached hydrogens (tertiary/aromatic N) is 3. The molecule has 1 fully saturated rings. The van der Waals surface area contributed by atoms with Crippen LogP contribution in [0, 0.1) is 6.92 Å². The number of hydrogen-bond donors (Lipinski definition) is 1. The van der Waals surface area contributed by atoms with Crippen LogP contribution in [-0.4, -0.2) is 42.2 Å². The van der Waals surface area contributed by atoms with Crippen molar-refractivity contribution < 1.29 is 9.53 Å². The summed E-state index contributed by atoms with van der Waals surface area (Å²) >= 11 is 11.8. The van der Waals surface area contributed by atoms with Gasteiger partial charge in [0.25, 0.3) is 5.91 Å². The SMILES string of the molecule is Cc1nc(N2CCOCC2)ncc1C(=O)Nc1ccc(Cl)c(Cl)c1. The molecule has 126 valence electrons. The Kier molecular flexibility index (Phi) is 5.18. The third-order valence-electron chi connectivity index (χ3n) is 3.68. The van der Waals surface area contributed by atoms with Crippen LogP contribution in [0.5, 0.6) is 0 Å². The van der Waals surface area contributed by atoms with E-state index in [1.54, 1.807) is 31.3 Å². The summed E-state index contributed by atoms with van der Waals surface area (Å²) in [4.78, 5) is 23.2. The van der Waals surface area contributed by atoms with E-state index in [0.717, 1.165) is 13.1 Å². The number of carbonyl (C=O) groups is 1. The molecule has 0 aliphatic carbocycles. The Morgan fingerprint density at radius 2 is 2.00 bits per heavy atom. The second-order valence-corrected chi connectivity index (χ2v) is 6.17. The molecule has 0 saturated carbocycles. The fourth-order valence-corrected chi connectivity index (χ4v) is 2.66. The van der Waals surface area contributed by atoms with E-state index < -0.39 is 0 Å². The summed E-state index contributed by atoms with van der Waals surface area (Å²) in [6.45, 7) is 4.59.